The molecule has 0 saturated carbocycles. The van der Waals surface area contributed by atoms with Gasteiger partial charge in [-0.1, -0.05) is 12.1 Å². The van der Waals surface area contributed by atoms with E-state index in [1.165, 1.54) is 6.20 Å². The summed E-state index contributed by atoms with van der Waals surface area (Å²) in [6.45, 7) is 3.03. The van der Waals surface area contributed by atoms with Crippen LogP contribution in [-0.2, 0) is 11.2 Å². The highest BCUT2D eigenvalue weighted by atomic mass is 16.5. The Morgan fingerprint density at radius 1 is 1.31 bits per heavy atom. The first kappa shape index (κ1) is 21.4. The molecule has 3 N–H and O–H groups in total. The number of likely N-dealkylation sites (N-methyl/N-ethyl adjacent to an activating group) is 1. The number of aryl methyl sites for hydroxylation is 1. The predicted molar refractivity (Wildman–Crippen MR) is 122 cm³/mol. The molecule has 1 aliphatic rings. The molecule has 0 aliphatic carbocycles. The summed E-state index contributed by atoms with van der Waals surface area (Å²) in [5, 5.41) is 13.3. The summed E-state index contributed by atoms with van der Waals surface area (Å²) in [6, 6.07) is 7.79. The van der Waals surface area contributed by atoms with Crippen molar-refractivity contribution in [3.8, 4) is 5.75 Å². The maximum absolute atomic E-state index is 12.8. The summed E-state index contributed by atoms with van der Waals surface area (Å²) in [4.78, 5) is 31.0. The molecular formula is C22H27N7O3. The van der Waals surface area contributed by atoms with Crippen molar-refractivity contribution in [2.45, 2.75) is 19.8 Å². The summed E-state index contributed by atoms with van der Waals surface area (Å²) < 4.78 is 7.43. The number of hydrogen-bond acceptors (Lipinski definition) is 7. The van der Waals surface area contributed by atoms with E-state index in [9.17, 15) is 9.59 Å². The number of carbonyl (C=O) groups excluding carboxylic acids is 2. The summed E-state index contributed by atoms with van der Waals surface area (Å²) in [5.74, 6) is 1.45. The lowest BCUT2D eigenvalue weighted by Gasteiger charge is -2.21. The first-order valence-electron chi connectivity index (χ1n) is 10.6. The van der Waals surface area contributed by atoms with Crippen molar-refractivity contribution < 1.29 is 14.3 Å². The van der Waals surface area contributed by atoms with Crippen molar-refractivity contribution in [3.63, 3.8) is 0 Å². The van der Waals surface area contributed by atoms with Gasteiger partial charge in [-0.25, -0.2) is 4.98 Å². The van der Waals surface area contributed by atoms with Crippen LogP contribution >= 0.6 is 0 Å². The number of rotatable bonds is 7. The molecule has 0 unspecified atom stereocenters. The zero-order chi connectivity index (χ0) is 22.7. The molecule has 0 bridgehead atoms. The average Bonchev–Trinajstić information content (AvgIpc) is 3.25. The van der Waals surface area contributed by atoms with Crippen LogP contribution in [0.5, 0.6) is 5.75 Å². The van der Waals surface area contributed by atoms with Crippen LogP contribution in [-0.4, -0.2) is 65.1 Å². The van der Waals surface area contributed by atoms with Gasteiger partial charge in [0.05, 0.1) is 25.0 Å². The number of nitrogens with zero attached hydrogens (tertiary/aromatic N) is 4. The van der Waals surface area contributed by atoms with Gasteiger partial charge in [0.25, 0.3) is 5.91 Å². The van der Waals surface area contributed by atoms with Crippen LogP contribution in [0.25, 0.3) is 5.65 Å². The van der Waals surface area contributed by atoms with Gasteiger partial charge in [-0.2, -0.15) is 9.61 Å². The molecule has 0 radical (unpaired) electrons. The third-order valence-electron chi connectivity index (χ3n) is 5.47. The molecule has 10 nitrogen and oxygen atoms in total. The summed E-state index contributed by atoms with van der Waals surface area (Å²) >= 11 is 0. The molecule has 3 heterocycles. The van der Waals surface area contributed by atoms with E-state index >= 15 is 0 Å². The zero-order valence-electron chi connectivity index (χ0n) is 18.4. The van der Waals surface area contributed by atoms with E-state index in [2.05, 4.69) is 32.1 Å². The Labute approximate surface area is 186 Å². The molecular weight excluding hydrogens is 410 g/mol. The highest BCUT2D eigenvalue weighted by Gasteiger charge is 2.20. The van der Waals surface area contributed by atoms with Crippen LogP contribution < -0.4 is 20.7 Å². The quantitative estimate of drug-likeness (QED) is 0.518. The number of anilines is 3. The second-order valence-corrected chi connectivity index (χ2v) is 7.53. The molecule has 3 aromatic rings. The number of ether oxygens (including phenoxy) is 1. The van der Waals surface area contributed by atoms with E-state index in [1.54, 1.807) is 23.5 Å². The molecule has 168 valence electrons. The van der Waals surface area contributed by atoms with Crippen molar-refractivity contribution in [1.29, 1.82) is 0 Å². The minimum atomic E-state index is -0.412. The number of para-hydroxylation sites is 1. The molecule has 1 aliphatic heterocycles. The minimum Gasteiger partial charge on any atom is -0.491 e. The molecule has 4 rings (SSSR count). The van der Waals surface area contributed by atoms with Crippen molar-refractivity contribution in [2.75, 3.05) is 44.4 Å². The zero-order valence-corrected chi connectivity index (χ0v) is 18.4. The van der Waals surface area contributed by atoms with E-state index in [4.69, 9.17) is 4.74 Å². The molecule has 2 aromatic heterocycles. The SMILES string of the molecule is CCN(C)C(=O)CNC(=O)c1cnn2c(NC)cc(Nc3cccc4c3OCCC4)nc12. The first-order valence-corrected chi connectivity index (χ1v) is 10.6. The second kappa shape index (κ2) is 9.13. The fraction of sp³-hybridized carbons (Fsp3) is 0.364. The lowest BCUT2D eigenvalue weighted by Crippen LogP contribution is -2.38. The third kappa shape index (κ3) is 4.16. The first-order chi connectivity index (χ1) is 15.5. The van der Waals surface area contributed by atoms with Crippen molar-refractivity contribution in [3.05, 3.63) is 41.6 Å². The smallest absolute Gasteiger partial charge is 0.257 e. The summed E-state index contributed by atoms with van der Waals surface area (Å²) in [7, 11) is 3.46. The van der Waals surface area contributed by atoms with Crippen LogP contribution in [0, 0.1) is 0 Å². The van der Waals surface area contributed by atoms with Crippen LogP contribution in [0.15, 0.2) is 30.5 Å². The lowest BCUT2D eigenvalue weighted by atomic mass is 10.1. The van der Waals surface area contributed by atoms with E-state index in [0.717, 1.165) is 29.8 Å². The molecule has 0 saturated heterocycles. The van der Waals surface area contributed by atoms with E-state index in [-0.39, 0.29) is 18.0 Å². The average molecular weight is 438 g/mol. The Hall–Kier alpha value is -3.82. The number of fused-ring (bicyclic) bond motifs is 2. The normalized spacial score (nSPS) is 12.6. The number of amides is 2. The summed E-state index contributed by atoms with van der Waals surface area (Å²) in [5.41, 5.74) is 2.63. The van der Waals surface area contributed by atoms with Gasteiger partial charge in [0.15, 0.2) is 5.65 Å². The maximum Gasteiger partial charge on any atom is 0.257 e. The maximum atomic E-state index is 12.8. The minimum absolute atomic E-state index is 0.0924. The van der Waals surface area contributed by atoms with Gasteiger partial charge in [0.2, 0.25) is 5.91 Å². The fourth-order valence-corrected chi connectivity index (χ4v) is 3.55. The Morgan fingerprint density at radius 3 is 2.94 bits per heavy atom. The topological polar surface area (TPSA) is 113 Å². The van der Waals surface area contributed by atoms with Gasteiger partial charge in [0, 0.05) is 26.7 Å². The van der Waals surface area contributed by atoms with Gasteiger partial charge in [-0.15, -0.1) is 0 Å². The van der Waals surface area contributed by atoms with Gasteiger partial charge in [-0.3, -0.25) is 9.59 Å². The van der Waals surface area contributed by atoms with Crippen molar-refractivity contribution in [1.82, 2.24) is 24.8 Å². The number of hydrogen-bond donors (Lipinski definition) is 3. The van der Waals surface area contributed by atoms with Crippen molar-refractivity contribution >= 4 is 34.8 Å². The molecule has 2 amide bonds. The molecule has 0 atom stereocenters. The van der Waals surface area contributed by atoms with Gasteiger partial charge >= 0.3 is 0 Å². The molecule has 10 heteroatoms. The van der Waals surface area contributed by atoms with Crippen LogP contribution in [0.1, 0.15) is 29.3 Å². The second-order valence-electron chi connectivity index (χ2n) is 7.53. The number of benzene rings is 1. The molecule has 0 spiro atoms. The molecule has 0 fully saturated rings. The third-order valence-corrected chi connectivity index (χ3v) is 5.47. The van der Waals surface area contributed by atoms with E-state index < -0.39 is 5.91 Å². The Morgan fingerprint density at radius 2 is 2.16 bits per heavy atom. The Bertz CT molecular complexity index is 1160. The van der Waals surface area contributed by atoms with E-state index in [0.29, 0.717) is 30.4 Å². The van der Waals surface area contributed by atoms with Crippen LogP contribution in [0.2, 0.25) is 0 Å². The monoisotopic (exact) mass is 437 g/mol. The van der Waals surface area contributed by atoms with Crippen molar-refractivity contribution in [2.24, 2.45) is 0 Å². The Kier molecular flexibility index (Phi) is 6.11. The number of carbonyl (C=O) groups is 2. The van der Waals surface area contributed by atoms with Crippen LogP contribution in [0.4, 0.5) is 17.3 Å². The highest BCUT2D eigenvalue weighted by Crippen LogP contribution is 2.35. The molecule has 32 heavy (non-hydrogen) atoms. The fourth-order valence-electron chi connectivity index (χ4n) is 3.55. The predicted octanol–water partition coefficient (Wildman–Crippen LogP) is 2.05. The van der Waals surface area contributed by atoms with Gasteiger partial charge < -0.3 is 25.6 Å². The lowest BCUT2D eigenvalue weighted by molar-refractivity contribution is -0.128. The Balaban J connectivity index is 1.63. The van der Waals surface area contributed by atoms with Crippen LogP contribution in [0.3, 0.4) is 0 Å². The summed E-state index contributed by atoms with van der Waals surface area (Å²) in [6.07, 6.45) is 3.41. The largest absolute Gasteiger partial charge is 0.491 e. The van der Waals surface area contributed by atoms with E-state index in [1.807, 2.05) is 25.1 Å². The standard InChI is InChI=1S/C22H27N7O3/c1-4-28(3)19(30)13-24-22(31)15-12-25-29-18(23-2)11-17(27-21(15)29)26-16-9-5-7-14-8-6-10-32-20(14)16/h5,7,9,11-12,23H,4,6,8,10,13H2,1-3H3,(H,24,31)(H,26,27). The van der Waals surface area contributed by atoms with Gasteiger partial charge in [-0.05, 0) is 31.4 Å². The number of nitrogens with one attached hydrogen (secondary N) is 3. The molecule has 1 aromatic carbocycles. The van der Waals surface area contributed by atoms with Gasteiger partial charge in [0.1, 0.15) is 22.9 Å². The highest BCUT2D eigenvalue weighted by molar-refractivity contribution is 6.01. The number of aromatic nitrogens is 3.